The quantitative estimate of drug-likeness (QED) is 0.754. The molecule has 5 rings (SSSR count). The highest BCUT2D eigenvalue weighted by Gasteiger charge is 2.53. The van der Waals surface area contributed by atoms with E-state index in [9.17, 15) is 14.0 Å². The molecule has 1 saturated heterocycles. The zero-order valence-corrected chi connectivity index (χ0v) is 17.1. The van der Waals surface area contributed by atoms with Crippen LogP contribution < -0.4 is 5.56 Å². The van der Waals surface area contributed by atoms with Gasteiger partial charge in [0.05, 0.1) is 17.7 Å². The zero-order chi connectivity index (χ0) is 20.7. The summed E-state index contributed by atoms with van der Waals surface area (Å²) in [5, 5.41) is 4.55. The number of carbonyl (C=O) groups excluding carboxylic acids is 1. The molecule has 7 heteroatoms. The Labute approximate surface area is 175 Å². The standard InChI is InChI=1S/C23H27FN4O2/c24-19-6-4-18(5-7-19)23(8-9-23)22(30)27-13-10-26(11-14-27)12-15-28-21(29)16-17-2-1-3-20(17)25-28/h4-7,16H,1-3,8-15H2. The molecule has 1 saturated carbocycles. The first-order valence-electron chi connectivity index (χ1n) is 10.9. The molecule has 0 N–H and O–H groups in total. The highest BCUT2D eigenvalue weighted by molar-refractivity contribution is 5.91. The molecule has 3 aliphatic rings. The fourth-order valence-corrected chi connectivity index (χ4v) is 4.83. The number of aromatic nitrogens is 2. The van der Waals surface area contributed by atoms with Crippen molar-refractivity contribution >= 4 is 5.91 Å². The largest absolute Gasteiger partial charge is 0.339 e. The minimum Gasteiger partial charge on any atom is -0.339 e. The van der Waals surface area contributed by atoms with E-state index in [0.717, 1.165) is 68.6 Å². The van der Waals surface area contributed by atoms with E-state index < -0.39 is 5.41 Å². The highest BCUT2D eigenvalue weighted by atomic mass is 19.1. The van der Waals surface area contributed by atoms with Crippen LogP contribution in [0.5, 0.6) is 0 Å². The number of carbonyl (C=O) groups is 1. The van der Waals surface area contributed by atoms with E-state index in [2.05, 4.69) is 10.00 Å². The van der Waals surface area contributed by atoms with E-state index >= 15 is 0 Å². The van der Waals surface area contributed by atoms with Crippen LogP contribution in [0.15, 0.2) is 35.1 Å². The summed E-state index contributed by atoms with van der Waals surface area (Å²) >= 11 is 0. The van der Waals surface area contributed by atoms with E-state index in [1.165, 1.54) is 12.1 Å². The van der Waals surface area contributed by atoms with Crippen LogP contribution in [-0.4, -0.2) is 58.2 Å². The molecular weight excluding hydrogens is 383 g/mol. The van der Waals surface area contributed by atoms with Crippen molar-refractivity contribution in [3.8, 4) is 0 Å². The highest BCUT2D eigenvalue weighted by Crippen LogP contribution is 2.49. The molecule has 2 heterocycles. The van der Waals surface area contributed by atoms with Gasteiger partial charge in [-0.15, -0.1) is 0 Å². The number of nitrogens with zero attached hydrogens (tertiary/aromatic N) is 4. The summed E-state index contributed by atoms with van der Waals surface area (Å²) in [7, 11) is 0. The topological polar surface area (TPSA) is 58.4 Å². The van der Waals surface area contributed by atoms with Gasteiger partial charge in [-0.25, -0.2) is 9.07 Å². The number of piperazine rings is 1. The Bertz CT molecular complexity index is 1000. The summed E-state index contributed by atoms with van der Waals surface area (Å²) in [6.45, 7) is 4.31. The van der Waals surface area contributed by atoms with Gasteiger partial charge < -0.3 is 4.90 Å². The summed E-state index contributed by atoms with van der Waals surface area (Å²) in [5.74, 6) is -0.0992. The first-order chi connectivity index (χ1) is 14.5. The van der Waals surface area contributed by atoms with Crippen LogP contribution in [0.4, 0.5) is 4.39 Å². The van der Waals surface area contributed by atoms with Crippen LogP contribution in [0.1, 0.15) is 36.1 Å². The van der Waals surface area contributed by atoms with Gasteiger partial charge in [0.2, 0.25) is 5.91 Å². The van der Waals surface area contributed by atoms with Gasteiger partial charge in [0.1, 0.15) is 5.82 Å². The molecule has 0 bridgehead atoms. The molecule has 2 aromatic rings. The number of aryl methyl sites for hydroxylation is 2. The lowest BCUT2D eigenvalue weighted by Crippen LogP contribution is -2.52. The Morgan fingerprint density at radius 3 is 2.47 bits per heavy atom. The molecule has 1 aliphatic heterocycles. The number of hydrogen-bond donors (Lipinski definition) is 0. The van der Waals surface area contributed by atoms with Gasteiger partial charge in [-0.3, -0.25) is 14.5 Å². The van der Waals surface area contributed by atoms with Crippen LogP contribution in [0, 0.1) is 5.82 Å². The third-order valence-corrected chi connectivity index (χ3v) is 6.87. The van der Waals surface area contributed by atoms with Gasteiger partial charge >= 0.3 is 0 Å². The molecule has 1 aromatic carbocycles. The van der Waals surface area contributed by atoms with E-state index in [-0.39, 0.29) is 17.3 Å². The fraction of sp³-hybridized carbons (Fsp3) is 0.522. The predicted octanol–water partition coefficient (Wildman–Crippen LogP) is 1.75. The lowest BCUT2D eigenvalue weighted by atomic mass is 9.94. The molecule has 0 spiro atoms. The maximum Gasteiger partial charge on any atom is 0.267 e. The molecule has 0 unspecified atom stereocenters. The van der Waals surface area contributed by atoms with Crippen LogP contribution in [0.3, 0.4) is 0 Å². The molecule has 0 atom stereocenters. The van der Waals surface area contributed by atoms with Crippen LogP contribution >= 0.6 is 0 Å². The number of fused-ring (bicyclic) bond motifs is 1. The second-order valence-electron chi connectivity index (χ2n) is 8.75. The van der Waals surface area contributed by atoms with Crippen molar-refractivity contribution in [2.45, 2.75) is 44.1 Å². The Morgan fingerprint density at radius 2 is 1.77 bits per heavy atom. The van der Waals surface area contributed by atoms with Gasteiger partial charge in [0.15, 0.2) is 0 Å². The molecule has 2 fully saturated rings. The Morgan fingerprint density at radius 1 is 1.03 bits per heavy atom. The molecule has 2 aliphatic carbocycles. The SMILES string of the molecule is O=C(N1CCN(CCn2nc3c(cc2=O)CCC3)CC1)C1(c2ccc(F)cc2)CC1. The maximum atomic E-state index is 13.3. The fourth-order valence-electron chi connectivity index (χ4n) is 4.83. The minimum absolute atomic E-state index is 0.0144. The van der Waals surface area contributed by atoms with Gasteiger partial charge in [0, 0.05) is 38.8 Å². The normalized spacial score (nSPS) is 20.2. The van der Waals surface area contributed by atoms with Crippen LogP contribution in [0.2, 0.25) is 0 Å². The molecule has 1 aromatic heterocycles. The zero-order valence-electron chi connectivity index (χ0n) is 17.1. The second kappa shape index (κ2) is 7.61. The average Bonchev–Trinajstić information content (AvgIpc) is 3.45. The first-order valence-corrected chi connectivity index (χ1v) is 10.9. The average molecular weight is 410 g/mol. The summed E-state index contributed by atoms with van der Waals surface area (Å²) in [4.78, 5) is 29.7. The monoisotopic (exact) mass is 410 g/mol. The van der Waals surface area contributed by atoms with E-state index in [1.807, 2.05) is 4.90 Å². The van der Waals surface area contributed by atoms with Crippen LogP contribution in [-0.2, 0) is 29.6 Å². The van der Waals surface area contributed by atoms with Crippen molar-refractivity contribution in [2.24, 2.45) is 0 Å². The van der Waals surface area contributed by atoms with Gasteiger partial charge in [-0.1, -0.05) is 12.1 Å². The molecule has 1 amide bonds. The van der Waals surface area contributed by atoms with Crippen molar-refractivity contribution in [3.63, 3.8) is 0 Å². The smallest absolute Gasteiger partial charge is 0.267 e. The molecule has 0 radical (unpaired) electrons. The minimum atomic E-state index is -0.447. The third-order valence-electron chi connectivity index (χ3n) is 6.87. The van der Waals surface area contributed by atoms with Gasteiger partial charge in [0.25, 0.3) is 5.56 Å². The van der Waals surface area contributed by atoms with E-state index in [1.54, 1.807) is 22.9 Å². The summed E-state index contributed by atoms with van der Waals surface area (Å²) in [6.07, 6.45) is 4.69. The molecular formula is C23H27FN4O2. The first kappa shape index (κ1) is 19.4. The molecule has 30 heavy (non-hydrogen) atoms. The summed E-state index contributed by atoms with van der Waals surface area (Å²) in [6, 6.07) is 8.12. The van der Waals surface area contributed by atoms with E-state index in [0.29, 0.717) is 19.6 Å². The van der Waals surface area contributed by atoms with Crippen molar-refractivity contribution in [3.05, 3.63) is 63.3 Å². The number of rotatable bonds is 5. The Kier molecular flexibility index (Phi) is 4.93. The number of amides is 1. The second-order valence-corrected chi connectivity index (χ2v) is 8.75. The Balaban J connectivity index is 1.17. The van der Waals surface area contributed by atoms with Crippen molar-refractivity contribution < 1.29 is 9.18 Å². The number of halogens is 1. The predicted molar refractivity (Wildman–Crippen MR) is 111 cm³/mol. The van der Waals surface area contributed by atoms with Crippen LogP contribution in [0.25, 0.3) is 0 Å². The summed E-state index contributed by atoms with van der Waals surface area (Å²) in [5.41, 5.74) is 2.65. The lowest BCUT2D eigenvalue weighted by molar-refractivity contribution is -0.135. The maximum absolute atomic E-state index is 13.3. The van der Waals surface area contributed by atoms with Crippen molar-refractivity contribution in [2.75, 3.05) is 32.7 Å². The third kappa shape index (κ3) is 3.55. The summed E-state index contributed by atoms with van der Waals surface area (Å²) < 4.78 is 14.8. The number of hydrogen-bond acceptors (Lipinski definition) is 4. The molecule has 158 valence electrons. The van der Waals surface area contributed by atoms with E-state index in [4.69, 9.17) is 0 Å². The van der Waals surface area contributed by atoms with Gasteiger partial charge in [-0.2, -0.15) is 5.10 Å². The van der Waals surface area contributed by atoms with Gasteiger partial charge in [-0.05, 0) is 55.4 Å². The number of benzene rings is 1. The lowest BCUT2D eigenvalue weighted by Gasteiger charge is -2.36. The van der Waals surface area contributed by atoms with Crippen molar-refractivity contribution in [1.29, 1.82) is 0 Å². The molecule has 6 nitrogen and oxygen atoms in total. The van der Waals surface area contributed by atoms with Crippen molar-refractivity contribution in [1.82, 2.24) is 19.6 Å². The Hall–Kier alpha value is -2.54.